The average molecular weight is 369 g/mol. The Morgan fingerprint density at radius 1 is 1.35 bits per heavy atom. The fourth-order valence-corrected chi connectivity index (χ4v) is 2.52. The van der Waals surface area contributed by atoms with Crippen LogP contribution in [0.25, 0.3) is 0 Å². The molecule has 0 aliphatic rings. The lowest BCUT2D eigenvalue weighted by Crippen LogP contribution is -2.26. The summed E-state index contributed by atoms with van der Waals surface area (Å²) in [4.78, 5) is 16.4. The van der Waals surface area contributed by atoms with E-state index in [-0.39, 0.29) is 5.91 Å². The number of nitrogens with one attached hydrogen (secondary N) is 2. The number of nitrogens with zero attached hydrogens (tertiary/aromatic N) is 3. The Morgan fingerprint density at radius 3 is 2.96 bits per heavy atom. The van der Waals surface area contributed by atoms with Crippen molar-refractivity contribution >= 4 is 18.1 Å². The zero-order valence-corrected chi connectivity index (χ0v) is 15.1. The molecule has 134 valence electrons. The molecule has 0 spiro atoms. The molecule has 0 saturated heterocycles. The summed E-state index contributed by atoms with van der Waals surface area (Å²) in [7, 11) is 1.84. The van der Waals surface area contributed by atoms with Crippen LogP contribution in [0.2, 0.25) is 0 Å². The standard InChI is InChI=1S/C18H19N5O2S/c1-23-16(21-22-18(23)26)7-9-20-17(24)14-5-2-6-15(10-14)25-12-13-4-3-8-19-11-13/h2-6,8,10-11H,7,9,12H2,1H3,(H,20,24)(H,22,26). The van der Waals surface area contributed by atoms with Crippen molar-refractivity contribution in [3.05, 3.63) is 70.5 Å². The molecule has 0 unspecified atom stereocenters. The number of rotatable bonds is 7. The van der Waals surface area contributed by atoms with Crippen molar-refractivity contribution in [3.63, 3.8) is 0 Å². The minimum Gasteiger partial charge on any atom is -0.489 e. The molecule has 0 fully saturated rings. The molecule has 2 aromatic heterocycles. The van der Waals surface area contributed by atoms with Gasteiger partial charge in [0.25, 0.3) is 5.91 Å². The van der Waals surface area contributed by atoms with Crippen LogP contribution in [0.4, 0.5) is 0 Å². The van der Waals surface area contributed by atoms with Gasteiger partial charge in [-0.2, -0.15) is 5.10 Å². The third-order valence-corrected chi connectivity index (χ3v) is 4.20. The number of aromatic nitrogens is 4. The molecular formula is C18H19N5O2S. The van der Waals surface area contributed by atoms with Gasteiger partial charge < -0.3 is 14.6 Å². The SMILES string of the molecule is Cn1c(CCNC(=O)c2cccc(OCc3cccnc3)c2)n[nH]c1=S. The van der Waals surface area contributed by atoms with Gasteiger partial charge in [0.15, 0.2) is 4.77 Å². The molecule has 0 aliphatic carbocycles. The van der Waals surface area contributed by atoms with E-state index in [1.165, 1.54) is 0 Å². The van der Waals surface area contributed by atoms with Crippen LogP contribution in [0, 0.1) is 4.77 Å². The first-order valence-corrected chi connectivity index (χ1v) is 8.54. The third-order valence-electron chi connectivity index (χ3n) is 3.83. The minimum atomic E-state index is -0.159. The lowest BCUT2D eigenvalue weighted by atomic mass is 10.2. The molecule has 0 bridgehead atoms. The molecule has 0 atom stereocenters. The van der Waals surface area contributed by atoms with Crippen LogP contribution < -0.4 is 10.1 Å². The summed E-state index contributed by atoms with van der Waals surface area (Å²) in [5.41, 5.74) is 1.51. The fraction of sp³-hybridized carbons (Fsp3) is 0.222. The van der Waals surface area contributed by atoms with Gasteiger partial charge in [0.05, 0.1) is 0 Å². The van der Waals surface area contributed by atoms with E-state index in [1.807, 2.05) is 25.2 Å². The molecular weight excluding hydrogens is 350 g/mol. The van der Waals surface area contributed by atoms with E-state index < -0.39 is 0 Å². The molecule has 7 nitrogen and oxygen atoms in total. The molecule has 1 aromatic carbocycles. The van der Waals surface area contributed by atoms with Gasteiger partial charge in [-0.3, -0.25) is 14.9 Å². The smallest absolute Gasteiger partial charge is 0.251 e. The summed E-state index contributed by atoms with van der Waals surface area (Å²) in [5.74, 6) is 1.27. The molecule has 0 aliphatic heterocycles. The minimum absolute atomic E-state index is 0.159. The number of amides is 1. The van der Waals surface area contributed by atoms with Gasteiger partial charge in [-0.05, 0) is 36.5 Å². The molecule has 0 saturated carbocycles. The normalized spacial score (nSPS) is 10.5. The number of carbonyl (C=O) groups excluding carboxylic acids is 1. The molecule has 26 heavy (non-hydrogen) atoms. The van der Waals surface area contributed by atoms with Gasteiger partial charge in [0, 0.05) is 43.5 Å². The number of carbonyl (C=O) groups is 1. The number of H-pyrrole nitrogens is 1. The van der Waals surface area contributed by atoms with Gasteiger partial charge >= 0.3 is 0 Å². The number of pyridine rings is 1. The van der Waals surface area contributed by atoms with Crippen LogP contribution in [0.1, 0.15) is 21.7 Å². The zero-order valence-electron chi connectivity index (χ0n) is 14.3. The highest BCUT2D eigenvalue weighted by Crippen LogP contribution is 2.15. The van der Waals surface area contributed by atoms with E-state index >= 15 is 0 Å². The number of hydrogen-bond acceptors (Lipinski definition) is 5. The van der Waals surface area contributed by atoms with Crippen LogP contribution in [-0.2, 0) is 20.1 Å². The van der Waals surface area contributed by atoms with Crippen molar-refractivity contribution in [2.24, 2.45) is 7.05 Å². The predicted molar refractivity (Wildman–Crippen MR) is 99.4 cm³/mol. The second kappa shape index (κ2) is 8.39. The first kappa shape index (κ1) is 17.8. The Bertz CT molecular complexity index is 936. The Balaban J connectivity index is 1.54. The summed E-state index contributed by atoms with van der Waals surface area (Å²) in [6.45, 7) is 0.866. The van der Waals surface area contributed by atoms with E-state index in [9.17, 15) is 4.79 Å². The summed E-state index contributed by atoms with van der Waals surface area (Å²) in [5, 5.41) is 9.72. The lowest BCUT2D eigenvalue weighted by Gasteiger charge is -2.09. The van der Waals surface area contributed by atoms with E-state index in [0.717, 1.165) is 11.4 Å². The number of ether oxygens (including phenoxy) is 1. The van der Waals surface area contributed by atoms with Crippen LogP contribution in [0.5, 0.6) is 5.75 Å². The van der Waals surface area contributed by atoms with Crippen molar-refractivity contribution in [3.8, 4) is 5.75 Å². The summed E-state index contributed by atoms with van der Waals surface area (Å²) in [6, 6.07) is 10.9. The Labute approximate surface area is 156 Å². The monoisotopic (exact) mass is 369 g/mol. The van der Waals surface area contributed by atoms with Crippen LogP contribution in [-0.4, -0.2) is 32.2 Å². The quantitative estimate of drug-likeness (QED) is 0.625. The average Bonchev–Trinajstić information content (AvgIpc) is 2.99. The van der Waals surface area contributed by atoms with Crippen LogP contribution in [0.3, 0.4) is 0 Å². The highest BCUT2D eigenvalue weighted by atomic mass is 32.1. The predicted octanol–water partition coefficient (Wildman–Crippen LogP) is 2.42. The maximum Gasteiger partial charge on any atom is 0.251 e. The zero-order chi connectivity index (χ0) is 18.4. The highest BCUT2D eigenvalue weighted by Gasteiger charge is 2.08. The molecule has 0 radical (unpaired) electrons. The van der Waals surface area contributed by atoms with Crippen molar-refractivity contribution in [2.45, 2.75) is 13.0 Å². The molecule has 8 heteroatoms. The van der Waals surface area contributed by atoms with E-state index in [2.05, 4.69) is 20.5 Å². The number of benzene rings is 1. The molecule has 2 heterocycles. The number of hydrogen-bond donors (Lipinski definition) is 2. The van der Waals surface area contributed by atoms with Gasteiger partial charge in [0.1, 0.15) is 18.2 Å². The highest BCUT2D eigenvalue weighted by molar-refractivity contribution is 7.71. The molecule has 3 rings (SSSR count). The van der Waals surface area contributed by atoms with Crippen molar-refractivity contribution in [2.75, 3.05) is 6.54 Å². The molecule has 2 N–H and O–H groups in total. The fourth-order valence-electron chi connectivity index (χ4n) is 2.37. The largest absolute Gasteiger partial charge is 0.489 e. The number of aromatic amines is 1. The first-order valence-electron chi connectivity index (χ1n) is 8.14. The maximum atomic E-state index is 12.3. The Kier molecular flexibility index (Phi) is 5.75. The van der Waals surface area contributed by atoms with Gasteiger partial charge in [-0.1, -0.05) is 12.1 Å². The second-order valence-electron chi connectivity index (χ2n) is 5.69. The van der Waals surface area contributed by atoms with Crippen LogP contribution >= 0.6 is 12.2 Å². The summed E-state index contributed by atoms with van der Waals surface area (Å²) < 4.78 is 8.07. The van der Waals surface area contributed by atoms with Gasteiger partial charge in [-0.25, -0.2) is 0 Å². The Hall–Kier alpha value is -3.00. The van der Waals surface area contributed by atoms with Crippen LogP contribution in [0.15, 0.2) is 48.8 Å². The van der Waals surface area contributed by atoms with Crippen molar-refractivity contribution in [1.29, 1.82) is 0 Å². The molecule has 1 amide bonds. The lowest BCUT2D eigenvalue weighted by molar-refractivity contribution is 0.0953. The van der Waals surface area contributed by atoms with E-state index in [4.69, 9.17) is 17.0 Å². The second-order valence-corrected chi connectivity index (χ2v) is 6.07. The Morgan fingerprint density at radius 2 is 2.23 bits per heavy atom. The maximum absolute atomic E-state index is 12.3. The van der Waals surface area contributed by atoms with Crippen molar-refractivity contribution in [1.82, 2.24) is 25.1 Å². The van der Waals surface area contributed by atoms with E-state index in [1.54, 1.807) is 35.2 Å². The summed E-state index contributed by atoms with van der Waals surface area (Å²) >= 11 is 5.07. The van der Waals surface area contributed by atoms with Crippen molar-refractivity contribution < 1.29 is 9.53 Å². The van der Waals surface area contributed by atoms with Gasteiger partial charge in [-0.15, -0.1) is 0 Å². The molecule has 3 aromatic rings. The third kappa shape index (κ3) is 4.54. The first-order chi connectivity index (χ1) is 12.6. The van der Waals surface area contributed by atoms with E-state index in [0.29, 0.717) is 35.7 Å². The summed E-state index contributed by atoms with van der Waals surface area (Å²) in [6.07, 6.45) is 4.05. The topological polar surface area (TPSA) is 84.8 Å². The van der Waals surface area contributed by atoms with Gasteiger partial charge in [0.2, 0.25) is 0 Å².